The second-order valence-electron chi connectivity index (χ2n) is 7.98. The van der Waals surface area contributed by atoms with Gasteiger partial charge in [0.25, 0.3) is 5.91 Å². The van der Waals surface area contributed by atoms with Crippen molar-refractivity contribution in [2.45, 2.75) is 46.3 Å². The Morgan fingerprint density at radius 1 is 0.967 bits per heavy atom. The Morgan fingerprint density at radius 2 is 1.67 bits per heavy atom. The van der Waals surface area contributed by atoms with Gasteiger partial charge in [-0.25, -0.2) is 4.79 Å². The average molecular weight is 412 g/mol. The highest BCUT2D eigenvalue weighted by atomic mass is 16.6. The van der Waals surface area contributed by atoms with Crippen LogP contribution in [0.15, 0.2) is 48.5 Å². The van der Waals surface area contributed by atoms with E-state index in [4.69, 9.17) is 4.74 Å². The number of ether oxygens (including phenoxy) is 1. The lowest BCUT2D eigenvalue weighted by atomic mass is 10.1. The average Bonchev–Trinajstić information content (AvgIpc) is 2.65. The largest absolute Gasteiger partial charge is 0.444 e. The first-order valence-electron chi connectivity index (χ1n) is 9.83. The maximum absolute atomic E-state index is 12.2. The number of hydrogen-bond acceptors (Lipinski definition) is 4. The monoisotopic (exact) mass is 411 g/mol. The molecule has 0 aromatic heterocycles. The molecule has 0 heterocycles. The van der Waals surface area contributed by atoms with Gasteiger partial charge in [-0.1, -0.05) is 29.8 Å². The summed E-state index contributed by atoms with van der Waals surface area (Å²) in [4.78, 5) is 35.9. The molecule has 0 fully saturated rings. The molecule has 160 valence electrons. The van der Waals surface area contributed by atoms with E-state index in [2.05, 4.69) is 16.0 Å². The molecule has 0 unspecified atom stereocenters. The summed E-state index contributed by atoms with van der Waals surface area (Å²) in [6.07, 6.45) is -0.435. The van der Waals surface area contributed by atoms with Crippen LogP contribution in [0.1, 0.15) is 48.7 Å². The Morgan fingerprint density at radius 3 is 2.33 bits per heavy atom. The van der Waals surface area contributed by atoms with Crippen LogP contribution in [0.25, 0.3) is 0 Å². The second kappa shape index (κ2) is 10.4. The molecule has 7 heteroatoms. The van der Waals surface area contributed by atoms with Gasteiger partial charge in [-0.05, 0) is 57.5 Å². The van der Waals surface area contributed by atoms with Crippen LogP contribution in [0.2, 0.25) is 0 Å². The first kappa shape index (κ1) is 22.9. The second-order valence-corrected chi connectivity index (χ2v) is 7.98. The van der Waals surface area contributed by atoms with Gasteiger partial charge < -0.3 is 20.7 Å². The van der Waals surface area contributed by atoms with Crippen molar-refractivity contribution in [3.8, 4) is 0 Å². The molecule has 3 amide bonds. The highest BCUT2D eigenvalue weighted by Gasteiger charge is 2.16. The molecule has 0 aliphatic rings. The van der Waals surface area contributed by atoms with E-state index < -0.39 is 11.7 Å². The molecule has 2 rings (SSSR count). The number of anilines is 1. The van der Waals surface area contributed by atoms with E-state index in [1.165, 1.54) is 0 Å². The van der Waals surface area contributed by atoms with Gasteiger partial charge in [-0.15, -0.1) is 0 Å². The fourth-order valence-electron chi connectivity index (χ4n) is 2.56. The van der Waals surface area contributed by atoms with Crippen molar-refractivity contribution in [3.63, 3.8) is 0 Å². The van der Waals surface area contributed by atoms with Crippen molar-refractivity contribution in [1.29, 1.82) is 0 Å². The van der Waals surface area contributed by atoms with Gasteiger partial charge in [-0.2, -0.15) is 0 Å². The molecule has 2 aromatic rings. The Kier molecular flexibility index (Phi) is 7.98. The fourth-order valence-corrected chi connectivity index (χ4v) is 2.56. The van der Waals surface area contributed by atoms with Gasteiger partial charge in [0.1, 0.15) is 5.60 Å². The predicted molar refractivity (Wildman–Crippen MR) is 116 cm³/mol. The first-order valence-corrected chi connectivity index (χ1v) is 9.83. The molecule has 0 atom stereocenters. The van der Waals surface area contributed by atoms with E-state index in [1.807, 2.05) is 31.2 Å². The Balaban J connectivity index is 1.79. The van der Waals surface area contributed by atoms with E-state index in [9.17, 15) is 14.4 Å². The molecule has 7 nitrogen and oxygen atoms in total. The summed E-state index contributed by atoms with van der Waals surface area (Å²) in [6, 6.07) is 14.6. The van der Waals surface area contributed by atoms with E-state index in [1.54, 1.807) is 45.0 Å². The molecule has 0 radical (unpaired) electrons. The molecular weight excluding hydrogens is 382 g/mol. The predicted octanol–water partition coefficient (Wildman–Crippen LogP) is 3.78. The van der Waals surface area contributed by atoms with Gasteiger partial charge >= 0.3 is 6.09 Å². The van der Waals surface area contributed by atoms with Crippen LogP contribution in [0.3, 0.4) is 0 Å². The highest BCUT2D eigenvalue weighted by molar-refractivity contribution is 5.94. The van der Waals surface area contributed by atoms with Crippen molar-refractivity contribution in [2.24, 2.45) is 0 Å². The third-order valence-electron chi connectivity index (χ3n) is 4.00. The maximum atomic E-state index is 12.2. The number of amides is 3. The normalized spacial score (nSPS) is 10.8. The lowest BCUT2D eigenvalue weighted by Crippen LogP contribution is -2.34. The quantitative estimate of drug-likeness (QED) is 0.646. The molecule has 0 bridgehead atoms. The summed E-state index contributed by atoms with van der Waals surface area (Å²) in [5, 5.41) is 8.20. The van der Waals surface area contributed by atoms with Gasteiger partial charge in [0, 0.05) is 30.8 Å². The molecule has 0 saturated carbocycles. The van der Waals surface area contributed by atoms with Crippen LogP contribution in [-0.2, 0) is 16.1 Å². The minimum Gasteiger partial charge on any atom is -0.444 e. The minimum absolute atomic E-state index is 0.119. The molecule has 0 aliphatic carbocycles. The van der Waals surface area contributed by atoms with Gasteiger partial charge in [-0.3, -0.25) is 9.59 Å². The summed E-state index contributed by atoms with van der Waals surface area (Å²) in [6.45, 7) is 7.80. The Bertz CT molecular complexity index is 886. The maximum Gasteiger partial charge on any atom is 0.407 e. The van der Waals surface area contributed by atoms with Crippen LogP contribution in [-0.4, -0.2) is 30.1 Å². The van der Waals surface area contributed by atoms with E-state index in [0.29, 0.717) is 17.8 Å². The Hall–Kier alpha value is -3.35. The number of carbonyl (C=O) groups excluding carboxylic acids is 3. The molecule has 30 heavy (non-hydrogen) atoms. The van der Waals surface area contributed by atoms with Crippen molar-refractivity contribution in [3.05, 3.63) is 65.2 Å². The van der Waals surface area contributed by atoms with E-state index in [0.717, 1.165) is 11.1 Å². The number of rotatable bonds is 7. The summed E-state index contributed by atoms with van der Waals surface area (Å²) in [5.41, 5.74) is 2.60. The van der Waals surface area contributed by atoms with Crippen LogP contribution in [0.4, 0.5) is 10.5 Å². The van der Waals surface area contributed by atoms with Crippen molar-refractivity contribution < 1.29 is 19.1 Å². The topological polar surface area (TPSA) is 96.5 Å². The lowest BCUT2D eigenvalue weighted by molar-refractivity contribution is -0.116. The molecule has 3 N–H and O–H groups in total. The van der Waals surface area contributed by atoms with Crippen LogP contribution in [0, 0.1) is 6.92 Å². The van der Waals surface area contributed by atoms with Crippen LogP contribution < -0.4 is 16.0 Å². The number of alkyl carbamates (subject to hydrolysis) is 1. The van der Waals surface area contributed by atoms with Crippen molar-refractivity contribution in [1.82, 2.24) is 10.6 Å². The third-order valence-corrected chi connectivity index (χ3v) is 4.00. The Labute approximate surface area is 177 Å². The zero-order valence-corrected chi connectivity index (χ0v) is 17.9. The van der Waals surface area contributed by atoms with Crippen LogP contribution >= 0.6 is 0 Å². The lowest BCUT2D eigenvalue weighted by Gasteiger charge is -2.19. The highest BCUT2D eigenvalue weighted by Crippen LogP contribution is 2.12. The number of nitrogens with one attached hydrogen (secondary N) is 3. The minimum atomic E-state index is -0.582. The number of aryl methyl sites for hydroxylation is 1. The van der Waals surface area contributed by atoms with E-state index in [-0.39, 0.29) is 24.8 Å². The molecule has 0 saturated heterocycles. The number of hydrogen-bond donors (Lipinski definition) is 3. The summed E-state index contributed by atoms with van der Waals surface area (Å²) < 4.78 is 5.12. The molecule has 0 spiro atoms. The smallest absolute Gasteiger partial charge is 0.407 e. The molecule has 0 aliphatic heterocycles. The van der Waals surface area contributed by atoms with Crippen LogP contribution in [0.5, 0.6) is 0 Å². The first-order chi connectivity index (χ1) is 14.1. The van der Waals surface area contributed by atoms with Gasteiger partial charge in [0.05, 0.1) is 0 Å². The number of benzene rings is 2. The summed E-state index contributed by atoms with van der Waals surface area (Å²) >= 11 is 0. The zero-order valence-electron chi connectivity index (χ0n) is 17.9. The van der Waals surface area contributed by atoms with Gasteiger partial charge in [0.15, 0.2) is 0 Å². The summed E-state index contributed by atoms with van der Waals surface area (Å²) in [5.74, 6) is -0.385. The summed E-state index contributed by atoms with van der Waals surface area (Å²) in [7, 11) is 0. The SMILES string of the molecule is Cc1ccc(C(=O)NCc2cccc(NC(=O)CCNC(=O)OC(C)(C)C)c2)cc1. The van der Waals surface area contributed by atoms with Gasteiger partial charge in [0.2, 0.25) is 5.91 Å². The molecule has 2 aromatic carbocycles. The zero-order chi connectivity index (χ0) is 22.1. The van der Waals surface area contributed by atoms with Crippen molar-refractivity contribution in [2.75, 3.05) is 11.9 Å². The van der Waals surface area contributed by atoms with E-state index >= 15 is 0 Å². The van der Waals surface area contributed by atoms with Crippen molar-refractivity contribution >= 4 is 23.6 Å². The standard InChI is InChI=1S/C23H29N3O4/c1-16-8-10-18(11-9-16)21(28)25-15-17-6-5-7-19(14-17)26-20(27)12-13-24-22(29)30-23(2,3)4/h5-11,14H,12-13,15H2,1-4H3,(H,24,29)(H,25,28)(H,26,27). The fraction of sp³-hybridized carbons (Fsp3) is 0.348. The number of carbonyl (C=O) groups is 3. The third kappa shape index (κ3) is 8.34. The molecular formula is C23H29N3O4.